The van der Waals surface area contributed by atoms with E-state index in [0.29, 0.717) is 23.9 Å². The van der Waals surface area contributed by atoms with E-state index in [4.69, 9.17) is 18.5 Å². The van der Waals surface area contributed by atoms with E-state index in [9.17, 15) is 19.0 Å². The standard InChI is InChI=1S/C62H112NO8P/c1-6-8-10-12-14-16-18-20-22-24-26-28-30-32-34-36-38-40-42-44-46-48-50-52-54-61(64)68-58-60(59-70-72(66,67)69-57-56-63(3,4)5)71-62(65)55-53-51-49-47-45-43-41-39-37-35-33-31-29-27-25-23-21-19-17-15-13-11-9-7-2/h38-41,44-47,50-53,60H,6-37,42-43,48-49,54-59H2,1-5H3/p+1/t60-/m1/s1. The molecule has 0 bridgehead atoms. The normalized spacial score (nSPS) is 13.8. The van der Waals surface area contributed by atoms with Crippen molar-refractivity contribution < 1.29 is 42.1 Å². The molecule has 0 saturated heterocycles. The second-order valence-corrected chi connectivity index (χ2v) is 22.5. The average molecular weight is 1030 g/mol. The van der Waals surface area contributed by atoms with E-state index in [0.717, 1.165) is 25.7 Å². The van der Waals surface area contributed by atoms with Crippen LogP contribution in [0.2, 0.25) is 0 Å². The lowest BCUT2D eigenvalue weighted by molar-refractivity contribution is -0.870. The molecule has 0 spiro atoms. The van der Waals surface area contributed by atoms with Crippen LogP contribution in [0.1, 0.15) is 258 Å². The number of ether oxygens (including phenoxy) is 2. The maximum Gasteiger partial charge on any atom is 0.472 e. The zero-order chi connectivity index (χ0) is 52.7. The fourth-order valence-corrected chi connectivity index (χ4v) is 8.93. The summed E-state index contributed by atoms with van der Waals surface area (Å²) in [6.07, 6.45) is 70.6. The molecule has 1 N–H and O–H groups in total. The predicted molar refractivity (Wildman–Crippen MR) is 307 cm³/mol. The molecule has 72 heavy (non-hydrogen) atoms. The number of hydrogen-bond donors (Lipinski definition) is 1. The molecule has 0 aliphatic carbocycles. The average Bonchev–Trinajstić information content (AvgIpc) is 3.34. The number of carbonyl (C=O) groups excluding carboxylic acids is 2. The van der Waals surface area contributed by atoms with Gasteiger partial charge in [-0.25, -0.2) is 4.57 Å². The van der Waals surface area contributed by atoms with Gasteiger partial charge in [0.15, 0.2) is 6.10 Å². The van der Waals surface area contributed by atoms with E-state index in [1.54, 1.807) is 12.2 Å². The van der Waals surface area contributed by atoms with Crippen LogP contribution < -0.4 is 0 Å². The van der Waals surface area contributed by atoms with E-state index in [1.807, 2.05) is 33.3 Å². The minimum absolute atomic E-state index is 0.000185. The summed E-state index contributed by atoms with van der Waals surface area (Å²) in [4.78, 5) is 35.5. The number of quaternary nitrogens is 1. The summed E-state index contributed by atoms with van der Waals surface area (Å²) in [5.74, 6) is -1.07. The molecular formula is C62H113NO8P+. The second-order valence-electron chi connectivity index (χ2n) is 21.1. The van der Waals surface area contributed by atoms with Gasteiger partial charge in [-0.15, -0.1) is 0 Å². The molecule has 0 fully saturated rings. The van der Waals surface area contributed by atoms with Gasteiger partial charge in [-0.1, -0.05) is 267 Å². The third kappa shape index (κ3) is 56.7. The molecule has 0 aromatic rings. The fraction of sp³-hybridized carbons (Fsp3) is 0.774. The van der Waals surface area contributed by atoms with Gasteiger partial charge in [0.25, 0.3) is 0 Å². The first-order chi connectivity index (χ1) is 35.0. The van der Waals surface area contributed by atoms with Crippen LogP contribution in [0.25, 0.3) is 0 Å². The maximum atomic E-state index is 12.7. The molecule has 1 unspecified atom stereocenters. The first kappa shape index (κ1) is 69.5. The fourth-order valence-electron chi connectivity index (χ4n) is 8.19. The Morgan fingerprint density at radius 3 is 1.11 bits per heavy atom. The van der Waals surface area contributed by atoms with Crippen molar-refractivity contribution in [2.45, 2.75) is 264 Å². The van der Waals surface area contributed by atoms with Crippen LogP contribution in [0, 0.1) is 0 Å². The first-order valence-corrected chi connectivity index (χ1v) is 31.2. The molecule has 0 aliphatic heterocycles. The number of hydrogen-bond acceptors (Lipinski definition) is 7. The topological polar surface area (TPSA) is 108 Å². The van der Waals surface area contributed by atoms with Crippen LogP contribution in [0.3, 0.4) is 0 Å². The van der Waals surface area contributed by atoms with Gasteiger partial charge in [-0.3, -0.25) is 18.6 Å². The summed E-state index contributed by atoms with van der Waals surface area (Å²) in [7, 11) is 1.39. The van der Waals surface area contributed by atoms with Crippen molar-refractivity contribution in [3.63, 3.8) is 0 Å². The molecule has 0 aliphatic rings. The smallest absolute Gasteiger partial charge is 0.461 e. The molecule has 0 aromatic heterocycles. The van der Waals surface area contributed by atoms with Gasteiger partial charge in [-0.05, 0) is 51.4 Å². The molecule has 0 heterocycles. The summed E-state index contributed by atoms with van der Waals surface area (Å²) in [6.45, 7) is 4.27. The van der Waals surface area contributed by atoms with Crippen LogP contribution in [0.5, 0.6) is 0 Å². The number of rotatable bonds is 54. The van der Waals surface area contributed by atoms with Gasteiger partial charge in [-0.2, -0.15) is 0 Å². The van der Waals surface area contributed by atoms with E-state index in [1.165, 1.54) is 193 Å². The highest BCUT2D eigenvalue weighted by Crippen LogP contribution is 2.43. The van der Waals surface area contributed by atoms with Crippen LogP contribution >= 0.6 is 7.82 Å². The summed E-state index contributed by atoms with van der Waals surface area (Å²) < 4.78 is 34.3. The number of phosphoric acid groups is 1. The van der Waals surface area contributed by atoms with E-state index >= 15 is 0 Å². The Balaban J connectivity index is 4.34. The largest absolute Gasteiger partial charge is 0.472 e. The van der Waals surface area contributed by atoms with Crippen LogP contribution in [0.4, 0.5) is 0 Å². The minimum atomic E-state index is -4.43. The SMILES string of the molecule is CCCCCCCCCCCCCCCCCC=CCC=CCC=CCC(=O)OC[C@H](COP(=O)(O)OCC[N+](C)(C)C)OC(=O)CC=CCC=CCC=CCCCCCCCCCCCCCCCCC. The molecule has 418 valence electrons. The van der Waals surface area contributed by atoms with Crippen molar-refractivity contribution in [2.75, 3.05) is 47.5 Å². The second kappa shape index (κ2) is 53.3. The number of unbranched alkanes of at least 4 members (excludes halogenated alkanes) is 30. The van der Waals surface area contributed by atoms with Gasteiger partial charge >= 0.3 is 19.8 Å². The van der Waals surface area contributed by atoms with Crippen molar-refractivity contribution in [2.24, 2.45) is 0 Å². The zero-order valence-electron chi connectivity index (χ0n) is 47.4. The number of nitrogens with zero attached hydrogens (tertiary/aromatic N) is 1. The Morgan fingerprint density at radius 2 is 0.750 bits per heavy atom. The third-order valence-corrected chi connectivity index (χ3v) is 13.8. The monoisotopic (exact) mass is 1030 g/mol. The molecule has 9 nitrogen and oxygen atoms in total. The lowest BCUT2D eigenvalue weighted by Crippen LogP contribution is -2.37. The summed E-state index contributed by atoms with van der Waals surface area (Å²) >= 11 is 0. The summed E-state index contributed by atoms with van der Waals surface area (Å²) in [6, 6.07) is 0. The van der Waals surface area contributed by atoms with Crippen molar-refractivity contribution in [3.05, 3.63) is 72.9 Å². The Morgan fingerprint density at radius 1 is 0.431 bits per heavy atom. The van der Waals surface area contributed by atoms with Crippen molar-refractivity contribution in [3.8, 4) is 0 Å². The minimum Gasteiger partial charge on any atom is -0.461 e. The Bertz CT molecular complexity index is 1450. The number of likely N-dealkylation sites (N-methyl/N-ethyl adjacent to an activating group) is 1. The first-order valence-electron chi connectivity index (χ1n) is 29.7. The van der Waals surface area contributed by atoms with Crippen LogP contribution in [-0.2, 0) is 32.7 Å². The molecule has 0 amide bonds. The molecule has 10 heteroatoms. The Hall–Kier alpha value is -2.55. The number of allylic oxidation sites excluding steroid dienone is 10. The van der Waals surface area contributed by atoms with E-state index in [2.05, 4.69) is 62.5 Å². The number of carbonyl (C=O) groups is 2. The quantitative estimate of drug-likeness (QED) is 0.0211. The van der Waals surface area contributed by atoms with Crippen molar-refractivity contribution in [1.82, 2.24) is 0 Å². The zero-order valence-corrected chi connectivity index (χ0v) is 48.3. The molecule has 0 radical (unpaired) electrons. The molecule has 2 atom stereocenters. The summed E-state index contributed by atoms with van der Waals surface area (Å²) in [5, 5.41) is 0. The van der Waals surface area contributed by atoms with Crippen LogP contribution in [0.15, 0.2) is 72.9 Å². The highest BCUT2D eigenvalue weighted by Gasteiger charge is 2.27. The molecule has 0 saturated carbocycles. The Labute approximate surface area is 444 Å². The van der Waals surface area contributed by atoms with E-state index < -0.39 is 32.5 Å². The summed E-state index contributed by atoms with van der Waals surface area (Å²) in [5.41, 5.74) is 0. The lowest BCUT2D eigenvalue weighted by atomic mass is 10.0. The number of phosphoric ester groups is 1. The van der Waals surface area contributed by atoms with Crippen molar-refractivity contribution in [1.29, 1.82) is 0 Å². The van der Waals surface area contributed by atoms with E-state index in [-0.39, 0.29) is 26.1 Å². The van der Waals surface area contributed by atoms with Gasteiger partial charge < -0.3 is 18.9 Å². The van der Waals surface area contributed by atoms with Gasteiger partial charge in [0, 0.05) is 0 Å². The molecular weight excluding hydrogens is 918 g/mol. The van der Waals surface area contributed by atoms with Crippen LogP contribution in [-0.4, -0.2) is 74.9 Å². The highest BCUT2D eigenvalue weighted by atomic mass is 31.2. The number of esters is 2. The maximum absolute atomic E-state index is 12.7. The molecule has 0 aromatic carbocycles. The lowest BCUT2D eigenvalue weighted by Gasteiger charge is -2.24. The Kier molecular flexibility index (Phi) is 51.4. The predicted octanol–water partition coefficient (Wildman–Crippen LogP) is 18.5. The van der Waals surface area contributed by atoms with Gasteiger partial charge in [0.1, 0.15) is 19.8 Å². The van der Waals surface area contributed by atoms with Gasteiger partial charge in [0.05, 0.1) is 40.6 Å². The molecule has 0 rings (SSSR count). The van der Waals surface area contributed by atoms with Gasteiger partial charge in [0.2, 0.25) is 0 Å². The van der Waals surface area contributed by atoms with Crippen molar-refractivity contribution >= 4 is 19.8 Å². The highest BCUT2D eigenvalue weighted by molar-refractivity contribution is 7.47. The third-order valence-electron chi connectivity index (χ3n) is 12.8.